The highest BCUT2D eigenvalue weighted by atomic mass is 16.5. The van der Waals surface area contributed by atoms with E-state index in [0.29, 0.717) is 29.1 Å². The molecule has 4 heteroatoms. The van der Waals surface area contributed by atoms with E-state index in [1.165, 1.54) is 45.6 Å². The van der Waals surface area contributed by atoms with Gasteiger partial charge in [-0.2, -0.15) is 0 Å². The first-order valence-electron chi connectivity index (χ1n) is 13.3. The van der Waals surface area contributed by atoms with Gasteiger partial charge in [0.05, 0.1) is 7.11 Å². The standard InChI is InChI=1S/C28H46O4/c1-17(7-10-25(30)31-6)22-8-9-23-26-18(2)15-20-16-21(32-19(3)29)11-13-27(20,4)24(26)12-14-28(22,23)5/h17-18,20-24,26H,7-16H2,1-6H3/t17?,18-,20?,21+,22?,23?,24?,26?,27-,28+/m0/s1. The van der Waals surface area contributed by atoms with E-state index in [9.17, 15) is 9.59 Å². The molecule has 0 spiro atoms. The van der Waals surface area contributed by atoms with Gasteiger partial charge in [-0.25, -0.2) is 0 Å². The molecule has 0 aromatic rings. The second-order valence-electron chi connectivity index (χ2n) is 12.5. The van der Waals surface area contributed by atoms with Crippen LogP contribution in [0.4, 0.5) is 0 Å². The number of fused-ring (bicyclic) bond motifs is 5. The monoisotopic (exact) mass is 446 g/mol. The van der Waals surface area contributed by atoms with E-state index in [1.54, 1.807) is 6.92 Å². The van der Waals surface area contributed by atoms with E-state index < -0.39 is 0 Å². The van der Waals surface area contributed by atoms with E-state index in [1.807, 2.05) is 0 Å². The van der Waals surface area contributed by atoms with Gasteiger partial charge in [0.15, 0.2) is 0 Å². The van der Waals surface area contributed by atoms with Crippen LogP contribution in [0.1, 0.15) is 98.8 Å². The van der Waals surface area contributed by atoms with Crippen molar-refractivity contribution in [1.82, 2.24) is 0 Å². The Labute approximate surface area is 195 Å². The van der Waals surface area contributed by atoms with Crippen LogP contribution in [0.25, 0.3) is 0 Å². The van der Waals surface area contributed by atoms with Crippen molar-refractivity contribution in [1.29, 1.82) is 0 Å². The maximum atomic E-state index is 11.7. The van der Waals surface area contributed by atoms with Crippen LogP contribution in [0.15, 0.2) is 0 Å². The first-order chi connectivity index (χ1) is 15.1. The molecular weight excluding hydrogens is 400 g/mol. The summed E-state index contributed by atoms with van der Waals surface area (Å²) in [5.41, 5.74) is 0.826. The topological polar surface area (TPSA) is 52.6 Å². The van der Waals surface area contributed by atoms with Crippen LogP contribution in [-0.4, -0.2) is 25.2 Å². The number of carbonyl (C=O) groups is 2. The van der Waals surface area contributed by atoms with Crippen molar-refractivity contribution in [2.24, 2.45) is 52.3 Å². The van der Waals surface area contributed by atoms with Gasteiger partial charge in [0.1, 0.15) is 6.10 Å². The molecule has 4 aliphatic rings. The molecule has 0 N–H and O–H groups in total. The predicted molar refractivity (Wildman–Crippen MR) is 126 cm³/mol. The third-order valence-electron chi connectivity index (χ3n) is 11.1. The van der Waals surface area contributed by atoms with E-state index in [0.717, 1.165) is 48.9 Å². The molecule has 32 heavy (non-hydrogen) atoms. The molecule has 4 fully saturated rings. The highest BCUT2D eigenvalue weighted by Crippen LogP contribution is 2.69. The lowest BCUT2D eigenvalue weighted by Gasteiger charge is -2.63. The summed E-state index contributed by atoms with van der Waals surface area (Å²) < 4.78 is 10.6. The SMILES string of the molecule is COC(=O)CCC(C)C1CCC2C3C(CC[C@]12C)[C@@]1(C)CC[C@@H](OC(C)=O)CC1C[C@@H]3C. The minimum absolute atomic E-state index is 0.0653. The Morgan fingerprint density at radius 2 is 1.69 bits per heavy atom. The lowest BCUT2D eigenvalue weighted by molar-refractivity contribution is -0.167. The lowest BCUT2D eigenvalue weighted by atomic mass is 9.42. The smallest absolute Gasteiger partial charge is 0.305 e. The van der Waals surface area contributed by atoms with Crippen molar-refractivity contribution in [3.63, 3.8) is 0 Å². The van der Waals surface area contributed by atoms with Gasteiger partial charge in [-0.1, -0.05) is 27.7 Å². The Hall–Kier alpha value is -1.06. The Morgan fingerprint density at radius 1 is 1.00 bits per heavy atom. The van der Waals surface area contributed by atoms with Crippen LogP contribution in [0.5, 0.6) is 0 Å². The van der Waals surface area contributed by atoms with Crippen LogP contribution < -0.4 is 0 Å². The molecular formula is C28H46O4. The van der Waals surface area contributed by atoms with Crippen molar-refractivity contribution >= 4 is 11.9 Å². The molecule has 4 rings (SSSR count). The van der Waals surface area contributed by atoms with Gasteiger partial charge in [0.25, 0.3) is 0 Å². The summed E-state index contributed by atoms with van der Waals surface area (Å²) in [5, 5.41) is 0. The second-order valence-corrected chi connectivity index (χ2v) is 12.5. The van der Waals surface area contributed by atoms with Crippen LogP contribution in [0, 0.1) is 52.3 Å². The fourth-order valence-electron chi connectivity index (χ4n) is 9.56. The molecule has 0 amide bonds. The number of rotatable bonds is 5. The number of carbonyl (C=O) groups excluding carboxylic acids is 2. The van der Waals surface area contributed by atoms with Gasteiger partial charge in [-0.15, -0.1) is 0 Å². The summed E-state index contributed by atoms with van der Waals surface area (Å²) in [6.07, 6.45) is 11.7. The van der Waals surface area contributed by atoms with Gasteiger partial charge in [0.2, 0.25) is 0 Å². The van der Waals surface area contributed by atoms with E-state index in [-0.39, 0.29) is 18.0 Å². The Bertz CT molecular complexity index is 718. The largest absolute Gasteiger partial charge is 0.469 e. The summed E-state index contributed by atoms with van der Waals surface area (Å²) in [6, 6.07) is 0. The molecule has 4 aliphatic carbocycles. The normalized spacial score (nSPS) is 46.4. The first kappa shape index (κ1) is 24.1. The molecule has 10 atom stereocenters. The molecule has 182 valence electrons. The average molecular weight is 447 g/mol. The molecule has 0 saturated heterocycles. The number of esters is 2. The van der Waals surface area contributed by atoms with E-state index in [2.05, 4.69) is 27.7 Å². The zero-order valence-electron chi connectivity index (χ0n) is 21.3. The lowest BCUT2D eigenvalue weighted by Crippen LogP contribution is -2.56. The van der Waals surface area contributed by atoms with Gasteiger partial charge in [-0.3, -0.25) is 9.59 Å². The summed E-state index contributed by atoms with van der Waals surface area (Å²) in [6.45, 7) is 11.6. The molecule has 0 radical (unpaired) electrons. The zero-order valence-corrected chi connectivity index (χ0v) is 21.3. The van der Waals surface area contributed by atoms with Crippen molar-refractivity contribution in [2.45, 2.75) is 105 Å². The summed E-state index contributed by atoms with van der Waals surface area (Å²) >= 11 is 0. The van der Waals surface area contributed by atoms with Crippen LogP contribution in [0.2, 0.25) is 0 Å². The minimum Gasteiger partial charge on any atom is -0.469 e. The molecule has 0 aromatic carbocycles. The average Bonchev–Trinajstić information content (AvgIpc) is 3.09. The van der Waals surface area contributed by atoms with Crippen molar-refractivity contribution in [3.05, 3.63) is 0 Å². The highest BCUT2D eigenvalue weighted by molar-refractivity contribution is 5.69. The molecule has 0 aromatic heterocycles. The minimum atomic E-state index is -0.118. The third-order valence-corrected chi connectivity index (χ3v) is 11.1. The second kappa shape index (κ2) is 8.95. The highest BCUT2D eigenvalue weighted by Gasteiger charge is 2.62. The Morgan fingerprint density at radius 3 is 2.38 bits per heavy atom. The Kier molecular flexibility index (Phi) is 6.73. The van der Waals surface area contributed by atoms with Crippen molar-refractivity contribution in [3.8, 4) is 0 Å². The quantitative estimate of drug-likeness (QED) is 0.458. The predicted octanol–water partition coefficient (Wildman–Crippen LogP) is 6.41. The summed E-state index contributed by atoms with van der Waals surface area (Å²) in [4.78, 5) is 23.3. The molecule has 4 saturated carbocycles. The maximum absolute atomic E-state index is 11.7. The van der Waals surface area contributed by atoms with E-state index >= 15 is 0 Å². The molecule has 6 unspecified atom stereocenters. The van der Waals surface area contributed by atoms with Crippen LogP contribution >= 0.6 is 0 Å². The van der Waals surface area contributed by atoms with Crippen molar-refractivity contribution < 1.29 is 19.1 Å². The number of methoxy groups -OCH3 is 1. The van der Waals surface area contributed by atoms with Gasteiger partial charge in [0, 0.05) is 13.3 Å². The maximum Gasteiger partial charge on any atom is 0.305 e. The third kappa shape index (κ3) is 4.02. The van der Waals surface area contributed by atoms with Gasteiger partial charge < -0.3 is 9.47 Å². The molecule has 0 heterocycles. The number of hydrogen-bond donors (Lipinski definition) is 0. The zero-order chi connectivity index (χ0) is 23.3. The first-order valence-corrected chi connectivity index (χ1v) is 13.3. The Balaban J connectivity index is 1.49. The van der Waals surface area contributed by atoms with Crippen LogP contribution in [-0.2, 0) is 19.1 Å². The van der Waals surface area contributed by atoms with E-state index in [4.69, 9.17) is 9.47 Å². The van der Waals surface area contributed by atoms with Gasteiger partial charge in [-0.05, 0) is 110 Å². The fraction of sp³-hybridized carbons (Fsp3) is 0.929. The van der Waals surface area contributed by atoms with Gasteiger partial charge >= 0.3 is 11.9 Å². The summed E-state index contributed by atoms with van der Waals surface area (Å²) in [7, 11) is 1.50. The molecule has 4 nitrogen and oxygen atoms in total. The molecule has 0 aliphatic heterocycles. The number of hydrogen-bond acceptors (Lipinski definition) is 4. The number of ether oxygens (including phenoxy) is 2. The molecule has 0 bridgehead atoms. The van der Waals surface area contributed by atoms with Crippen LogP contribution in [0.3, 0.4) is 0 Å². The van der Waals surface area contributed by atoms with Crippen molar-refractivity contribution in [2.75, 3.05) is 7.11 Å². The fourth-order valence-corrected chi connectivity index (χ4v) is 9.56. The summed E-state index contributed by atoms with van der Waals surface area (Å²) in [5.74, 6) is 5.05.